The third-order valence-electron chi connectivity index (χ3n) is 3.13. The van der Waals surface area contributed by atoms with Crippen molar-refractivity contribution in [1.82, 2.24) is 10.6 Å². The molecule has 1 rings (SSSR count). The molecule has 0 bridgehead atoms. The topological polar surface area (TPSA) is 84.2 Å². The molecule has 0 aliphatic carbocycles. The number of hydrogen-bond acceptors (Lipinski definition) is 3. The summed E-state index contributed by atoms with van der Waals surface area (Å²) in [5.74, 6) is 0.0261. The summed E-state index contributed by atoms with van der Waals surface area (Å²) < 4.78 is 0. The van der Waals surface area contributed by atoms with Gasteiger partial charge in [0, 0.05) is 9.75 Å². The first-order chi connectivity index (χ1) is 9.22. The van der Waals surface area contributed by atoms with E-state index in [2.05, 4.69) is 44.4 Å². The average Bonchev–Trinajstić information content (AvgIpc) is 2.63. The monoisotopic (exact) mass is 297 g/mol. The maximum absolute atomic E-state index is 12.1. The van der Waals surface area contributed by atoms with Crippen LogP contribution >= 0.6 is 11.3 Å². The molecule has 0 saturated heterocycles. The number of hydrogen-bond donors (Lipinski definition) is 3. The molecule has 1 heterocycles. The van der Waals surface area contributed by atoms with Crippen LogP contribution in [0.5, 0.6) is 0 Å². The standard InChI is InChI=1S/C14H23N3O2S/c1-7(2)12(11-6-8(3)20-10(11)5)17-13(18)9(4)16-14(15)19/h6-7,9,12H,1-5H3,(H,17,18)(H3,15,16,19). The fourth-order valence-electron chi connectivity index (χ4n) is 2.12. The Hall–Kier alpha value is -1.56. The first-order valence-electron chi connectivity index (χ1n) is 6.65. The Morgan fingerprint density at radius 2 is 1.80 bits per heavy atom. The van der Waals surface area contributed by atoms with Gasteiger partial charge in [-0.05, 0) is 38.3 Å². The van der Waals surface area contributed by atoms with Crippen molar-refractivity contribution >= 4 is 23.3 Å². The summed E-state index contributed by atoms with van der Waals surface area (Å²) >= 11 is 1.72. The molecule has 2 atom stereocenters. The van der Waals surface area contributed by atoms with Crippen LogP contribution in [0.25, 0.3) is 0 Å². The summed E-state index contributed by atoms with van der Waals surface area (Å²) in [5, 5.41) is 5.38. The molecule has 0 aliphatic rings. The first-order valence-corrected chi connectivity index (χ1v) is 7.47. The highest BCUT2D eigenvalue weighted by molar-refractivity contribution is 7.12. The van der Waals surface area contributed by atoms with Crippen molar-refractivity contribution in [2.45, 2.75) is 46.7 Å². The van der Waals surface area contributed by atoms with E-state index in [9.17, 15) is 9.59 Å². The normalized spacial score (nSPS) is 13.9. The number of nitrogens with one attached hydrogen (secondary N) is 2. The van der Waals surface area contributed by atoms with E-state index in [1.807, 2.05) is 0 Å². The quantitative estimate of drug-likeness (QED) is 0.778. The summed E-state index contributed by atoms with van der Waals surface area (Å²) in [7, 11) is 0. The Balaban J connectivity index is 2.86. The zero-order valence-electron chi connectivity index (χ0n) is 12.6. The van der Waals surface area contributed by atoms with Gasteiger partial charge in [0.15, 0.2) is 0 Å². The van der Waals surface area contributed by atoms with E-state index in [1.54, 1.807) is 18.3 Å². The third kappa shape index (κ3) is 4.23. The van der Waals surface area contributed by atoms with Crippen molar-refractivity contribution < 1.29 is 9.59 Å². The highest BCUT2D eigenvalue weighted by Gasteiger charge is 2.24. The van der Waals surface area contributed by atoms with E-state index >= 15 is 0 Å². The Morgan fingerprint density at radius 3 is 2.20 bits per heavy atom. The van der Waals surface area contributed by atoms with Gasteiger partial charge in [0.05, 0.1) is 6.04 Å². The molecular weight excluding hydrogens is 274 g/mol. The summed E-state index contributed by atoms with van der Waals surface area (Å²) in [6.45, 7) is 9.84. The van der Waals surface area contributed by atoms with Crippen molar-refractivity contribution in [2.24, 2.45) is 11.7 Å². The second-order valence-electron chi connectivity index (χ2n) is 5.33. The minimum Gasteiger partial charge on any atom is -0.352 e. The molecular formula is C14H23N3O2S. The van der Waals surface area contributed by atoms with Crippen LogP contribution < -0.4 is 16.4 Å². The van der Waals surface area contributed by atoms with Crippen LogP contribution in [0, 0.1) is 19.8 Å². The van der Waals surface area contributed by atoms with Crippen molar-refractivity contribution in [3.63, 3.8) is 0 Å². The minimum absolute atomic E-state index is 0.0652. The summed E-state index contributed by atoms with van der Waals surface area (Å²) in [4.78, 5) is 25.3. The lowest BCUT2D eigenvalue weighted by Crippen LogP contribution is -2.48. The van der Waals surface area contributed by atoms with Gasteiger partial charge < -0.3 is 16.4 Å². The van der Waals surface area contributed by atoms with Crippen LogP contribution in [0.4, 0.5) is 4.79 Å². The van der Waals surface area contributed by atoms with Crippen LogP contribution in [0.2, 0.25) is 0 Å². The van der Waals surface area contributed by atoms with E-state index in [-0.39, 0.29) is 17.9 Å². The molecule has 0 radical (unpaired) electrons. The molecule has 112 valence electrons. The number of carbonyl (C=O) groups is 2. The molecule has 6 heteroatoms. The fraction of sp³-hybridized carbons (Fsp3) is 0.571. The van der Waals surface area contributed by atoms with E-state index in [4.69, 9.17) is 5.73 Å². The predicted molar refractivity (Wildman–Crippen MR) is 81.7 cm³/mol. The van der Waals surface area contributed by atoms with Crippen LogP contribution in [-0.2, 0) is 4.79 Å². The van der Waals surface area contributed by atoms with Crippen molar-refractivity contribution in [1.29, 1.82) is 0 Å². The number of thiophene rings is 1. The van der Waals surface area contributed by atoms with Gasteiger partial charge in [0.2, 0.25) is 5.91 Å². The highest BCUT2D eigenvalue weighted by atomic mass is 32.1. The van der Waals surface area contributed by atoms with E-state index in [0.717, 1.165) is 5.56 Å². The summed E-state index contributed by atoms with van der Waals surface area (Å²) in [6.07, 6.45) is 0. The Labute approximate surface area is 123 Å². The molecule has 3 amide bonds. The van der Waals surface area contributed by atoms with Crippen LogP contribution in [0.3, 0.4) is 0 Å². The van der Waals surface area contributed by atoms with Crippen LogP contribution in [0.15, 0.2) is 6.07 Å². The molecule has 0 aromatic carbocycles. The van der Waals surface area contributed by atoms with Crippen LogP contribution in [-0.4, -0.2) is 18.0 Å². The lowest BCUT2D eigenvalue weighted by atomic mass is 9.96. The maximum Gasteiger partial charge on any atom is 0.312 e. The van der Waals surface area contributed by atoms with Gasteiger partial charge in [-0.3, -0.25) is 4.79 Å². The number of rotatable bonds is 5. The molecule has 0 fully saturated rings. The second-order valence-corrected chi connectivity index (χ2v) is 6.79. The van der Waals surface area contributed by atoms with Crippen molar-refractivity contribution in [2.75, 3.05) is 0 Å². The van der Waals surface area contributed by atoms with Gasteiger partial charge in [0.25, 0.3) is 0 Å². The van der Waals surface area contributed by atoms with E-state index in [1.165, 1.54) is 9.75 Å². The fourth-order valence-corrected chi connectivity index (χ4v) is 3.09. The Morgan fingerprint density at radius 1 is 1.20 bits per heavy atom. The third-order valence-corrected chi connectivity index (χ3v) is 4.11. The van der Waals surface area contributed by atoms with Crippen molar-refractivity contribution in [3.8, 4) is 0 Å². The zero-order chi connectivity index (χ0) is 15.4. The van der Waals surface area contributed by atoms with E-state index < -0.39 is 12.1 Å². The Bertz CT molecular complexity index is 497. The zero-order valence-corrected chi connectivity index (χ0v) is 13.4. The SMILES string of the molecule is Cc1cc(C(NC(=O)C(C)NC(N)=O)C(C)C)c(C)s1. The first kappa shape index (κ1) is 16.5. The number of urea groups is 1. The number of aryl methyl sites for hydroxylation is 2. The molecule has 0 saturated carbocycles. The average molecular weight is 297 g/mol. The number of amides is 3. The summed E-state index contributed by atoms with van der Waals surface area (Å²) in [5.41, 5.74) is 6.17. The van der Waals surface area contributed by atoms with Crippen LogP contribution in [0.1, 0.15) is 42.1 Å². The number of primary amides is 1. The van der Waals surface area contributed by atoms with Gasteiger partial charge in [0.1, 0.15) is 6.04 Å². The number of nitrogens with two attached hydrogens (primary N) is 1. The molecule has 4 N–H and O–H groups in total. The molecule has 20 heavy (non-hydrogen) atoms. The molecule has 5 nitrogen and oxygen atoms in total. The predicted octanol–water partition coefficient (Wildman–Crippen LogP) is 2.24. The van der Waals surface area contributed by atoms with E-state index in [0.29, 0.717) is 0 Å². The molecule has 0 spiro atoms. The largest absolute Gasteiger partial charge is 0.352 e. The minimum atomic E-state index is -0.698. The second kappa shape index (κ2) is 6.74. The molecule has 1 aromatic rings. The maximum atomic E-state index is 12.1. The summed E-state index contributed by atoms with van der Waals surface area (Å²) in [6, 6.07) is 0.701. The van der Waals surface area contributed by atoms with Gasteiger partial charge in [-0.25, -0.2) is 4.79 Å². The molecule has 1 aromatic heterocycles. The molecule has 0 aliphatic heterocycles. The molecule has 2 unspecified atom stereocenters. The number of carbonyl (C=O) groups excluding carboxylic acids is 2. The van der Waals surface area contributed by atoms with Gasteiger partial charge >= 0.3 is 6.03 Å². The lowest BCUT2D eigenvalue weighted by Gasteiger charge is -2.24. The van der Waals surface area contributed by atoms with Gasteiger partial charge in [-0.2, -0.15) is 0 Å². The van der Waals surface area contributed by atoms with Gasteiger partial charge in [-0.1, -0.05) is 13.8 Å². The lowest BCUT2D eigenvalue weighted by molar-refractivity contribution is -0.123. The smallest absolute Gasteiger partial charge is 0.312 e. The highest BCUT2D eigenvalue weighted by Crippen LogP contribution is 2.30. The van der Waals surface area contributed by atoms with Crippen molar-refractivity contribution in [3.05, 3.63) is 21.4 Å². The van der Waals surface area contributed by atoms with Gasteiger partial charge in [-0.15, -0.1) is 11.3 Å². The Kier molecular flexibility index (Phi) is 5.56.